The van der Waals surface area contributed by atoms with E-state index in [1.54, 1.807) is 0 Å². The van der Waals surface area contributed by atoms with Gasteiger partial charge in [-0.3, -0.25) is 9.59 Å². The summed E-state index contributed by atoms with van der Waals surface area (Å²) in [5, 5.41) is 22.0. The van der Waals surface area contributed by atoms with E-state index in [1.807, 2.05) is 0 Å². The van der Waals surface area contributed by atoms with Crippen LogP contribution in [0.25, 0.3) is 5.69 Å². The first-order valence-electron chi connectivity index (χ1n) is 5.88. The number of halogens is 2. The summed E-state index contributed by atoms with van der Waals surface area (Å²) in [5.74, 6) is -3.76. The second-order valence-electron chi connectivity index (χ2n) is 4.22. The van der Waals surface area contributed by atoms with Gasteiger partial charge >= 0.3 is 5.97 Å². The van der Waals surface area contributed by atoms with E-state index < -0.39 is 28.9 Å². The zero-order chi connectivity index (χ0) is 15.6. The predicted octanol–water partition coefficient (Wildman–Crippen LogP) is 1.23. The van der Waals surface area contributed by atoms with Gasteiger partial charge in [0.25, 0.3) is 5.56 Å². The molecule has 0 saturated heterocycles. The molecule has 0 aliphatic carbocycles. The first kappa shape index (κ1) is 14.6. The fourth-order valence-corrected chi connectivity index (χ4v) is 1.69. The number of aryl methyl sites for hydroxylation is 1. The van der Waals surface area contributed by atoms with E-state index in [2.05, 4.69) is 5.10 Å². The Kier molecular flexibility index (Phi) is 3.97. The number of hydrogen-bond donors (Lipinski definition) is 2. The Morgan fingerprint density at radius 3 is 2.57 bits per heavy atom. The van der Waals surface area contributed by atoms with Gasteiger partial charge in [0.1, 0.15) is 11.4 Å². The molecule has 1 aromatic carbocycles. The summed E-state index contributed by atoms with van der Waals surface area (Å²) in [6.07, 6.45) is -0.401. The highest BCUT2D eigenvalue weighted by Gasteiger charge is 2.12. The lowest BCUT2D eigenvalue weighted by Gasteiger charge is -2.08. The van der Waals surface area contributed by atoms with Crippen LogP contribution >= 0.6 is 0 Å². The van der Waals surface area contributed by atoms with Crippen LogP contribution in [0.2, 0.25) is 0 Å². The van der Waals surface area contributed by atoms with Gasteiger partial charge in [-0.15, -0.1) is 0 Å². The minimum absolute atomic E-state index is 0.0262. The molecule has 110 valence electrons. The second kappa shape index (κ2) is 5.70. The lowest BCUT2D eigenvalue weighted by molar-refractivity contribution is -0.136. The van der Waals surface area contributed by atoms with E-state index in [-0.39, 0.29) is 24.2 Å². The molecule has 0 aliphatic heterocycles. The van der Waals surface area contributed by atoms with Crippen LogP contribution in [0, 0.1) is 11.6 Å². The van der Waals surface area contributed by atoms with Crippen LogP contribution in [0.4, 0.5) is 8.78 Å². The smallest absolute Gasteiger partial charge is 0.303 e. The van der Waals surface area contributed by atoms with Crippen molar-refractivity contribution in [2.24, 2.45) is 0 Å². The number of aromatic nitrogens is 2. The third-order valence-corrected chi connectivity index (χ3v) is 2.71. The van der Waals surface area contributed by atoms with Crippen molar-refractivity contribution in [1.82, 2.24) is 9.78 Å². The summed E-state index contributed by atoms with van der Waals surface area (Å²) in [5.41, 5.74) is -0.810. The molecule has 1 heterocycles. The molecule has 2 aromatic rings. The van der Waals surface area contributed by atoms with Crippen LogP contribution in [0.3, 0.4) is 0 Å². The Balaban J connectivity index is 2.47. The van der Waals surface area contributed by atoms with Crippen LogP contribution in [-0.4, -0.2) is 26.0 Å². The van der Waals surface area contributed by atoms with Crippen LogP contribution < -0.4 is 5.56 Å². The minimum atomic E-state index is -1.15. The summed E-state index contributed by atoms with van der Waals surface area (Å²) in [6, 6.07) is 3.60. The van der Waals surface area contributed by atoms with Gasteiger partial charge in [0.2, 0.25) is 0 Å². The molecule has 2 N–H and O–H groups in total. The fraction of sp³-hybridized carbons (Fsp3) is 0.154. The number of benzene rings is 1. The van der Waals surface area contributed by atoms with Gasteiger partial charge in [0, 0.05) is 18.6 Å². The molecule has 0 bridgehead atoms. The molecular formula is C13H10F2N2O4. The first-order chi connectivity index (χ1) is 9.88. The van der Waals surface area contributed by atoms with Crippen molar-refractivity contribution in [3.05, 3.63) is 51.9 Å². The number of carbonyl (C=O) groups is 1. The van der Waals surface area contributed by atoms with Gasteiger partial charge in [-0.05, 0) is 12.1 Å². The minimum Gasteiger partial charge on any atom is -0.506 e. The van der Waals surface area contributed by atoms with Gasteiger partial charge in [0.15, 0.2) is 11.6 Å². The highest BCUT2D eigenvalue weighted by molar-refractivity contribution is 5.67. The van der Waals surface area contributed by atoms with Gasteiger partial charge in [-0.2, -0.15) is 9.78 Å². The van der Waals surface area contributed by atoms with E-state index in [1.165, 1.54) is 0 Å². The topological polar surface area (TPSA) is 92.4 Å². The SMILES string of the molecule is O=C(O)CCc1nn(-c2ccc(F)c(F)c2)c(=O)cc1O. The Morgan fingerprint density at radius 2 is 1.95 bits per heavy atom. The molecule has 8 heteroatoms. The first-order valence-corrected chi connectivity index (χ1v) is 5.88. The summed E-state index contributed by atoms with van der Waals surface area (Å²) in [6.45, 7) is 0. The quantitative estimate of drug-likeness (QED) is 0.885. The second-order valence-corrected chi connectivity index (χ2v) is 4.22. The average Bonchev–Trinajstić information content (AvgIpc) is 2.41. The van der Waals surface area contributed by atoms with Gasteiger partial charge in [-0.1, -0.05) is 0 Å². The molecule has 6 nitrogen and oxygen atoms in total. The number of nitrogens with zero attached hydrogens (tertiary/aromatic N) is 2. The molecule has 0 aliphatic rings. The summed E-state index contributed by atoms with van der Waals surface area (Å²) in [7, 11) is 0. The van der Waals surface area contributed by atoms with E-state index in [9.17, 15) is 23.5 Å². The Hall–Kier alpha value is -2.77. The number of aromatic hydroxyl groups is 1. The number of carboxylic acids is 1. The molecule has 1 aromatic heterocycles. The van der Waals surface area contributed by atoms with Gasteiger partial charge in [-0.25, -0.2) is 8.78 Å². The molecule has 0 radical (unpaired) electrons. The monoisotopic (exact) mass is 296 g/mol. The van der Waals surface area contributed by atoms with E-state index in [0.29, 0.717) is 0 Å². The third-order valence-electron chi connectivity index (χ3n) is 2.71. The number of carboxylic acid groups (broad SMARTS) is 1. The van der Waals surface area contributed by atoms with Gasteiger partial charge < -0.3 is 10.2 Å². The van der Waals surface area contributed by atoms with Crippen LogP contribution in [0.1, 0.15) is 12.1 Å². The van der Waals surface area contributed by atoms with Crippen molar-refractivity contribution in [3.8, 4) is 11.4 Å². The Labute approximate surface area is 116 Å². The lowest BCUT2D eigenvalue weighted by Crippen LogP contribution is -2.22. The zero-order valence-corrected chi connectivity index (χ0v) is 10.6. The molecule has 0 atom stereocenters. The summed E-state index contributed by atoms with van der Waals surface area (Å²) >= 11 is 0. The van der Waals surface area contributed by atoms with Crippen LogP contribution in [0.15, 0.2) is 29.1 Å². The maximum atomic E-state index is 13.2. The Bertz CT molecular complexity index is 758. The van der Waals surface area contributed by atoms with Crippen molar-refractivity contribution in [2.75, 3.05) is 0 Å². The maximum Gasteiger partial charge on any atom is 0.303 e. The zero-order valence-electron chi connectivity index (χ0n) is 10.6. The van der Waals surface area contributed by atoms with Crippen LogP contribution in [-0.2, 0) is 11.2 Å². The van der Waals surface area contributed by atoms with Crippen molar-refractivity contribution in [2.45, 2.75) is 12.8 Å². The molecule has 0 spiro atoms. The largest absolute Gasteiger partial charge is 0.506 e. The maximum absolute atomic E-state index is 13.2. The summed E-state index contributed by atoms with van der Waals surface area (Å²) in [4.78, 5) is 22.3. The molecule has 0 fully saturated rings. The molecule has 0 amide bonds. The number of hydrogen-bond acceptors (Lipinski definition) is 4. The van der Waals surface area contributed by atoms with E-state index in [0.717, 1.165) is 28.9 Å². The Morgan fingerprint density at radius 1 is 1.24 bits per heavy atom. The van der Waals surface area contributed by atoms with Crippen LogP contribution in [0.5, 0.6) is 5.75 Å². The number of aliphatic carboxylic acids is 1. The normalized spacial score (nSPS) is 10.6. The lowest BCUT2D eigenvalue weighted by atomic mass is 10.2. The highest BCUT2D eigenvalue weighted by Crippen LogP contribution is 2.16. The summed E-state index contributed by atoms with van der Waals surface area (Å²) < 4.78 is 26.8. The van der Waals surface area contributed by atoms with Gasteiger partial charge in [0.05, 0.1) is 12.1 Å². The van der Waals surface area contributed by atoms with Crippen molar-refractivity contribution < 1.29 is 23.8 Å². The highest BCUT2D eigenvalue weighted by atomic mass is 19.2. The molecule has 2 rings (SSSR count). The third kappa shape index (κ3) is 3.22. The van der Waals surface area contributed by atoms with E-state index in [4.69, 9.17) is 5.11 Å². The van der Waals surface area contributed by atoms with Crippen molar-refractivity contribution >= 4 is 5.97 Å². The fourth-order valence-electron chi connectivity index (χ4n) is 1.69. The van der Waals surface area contributed by atoms with E-state index >= 15 is 0 Å². The predicted molar refractivity (Wildman–Crippen MR) is 67.4 cm³/mol. The number of rotatable bonds is 4. The van der Waals surface area contributed by atoms with Crippen molar-refractivity contribution in [1.29, 1.82) is 0 Å². The average molecular weight is 296 g/mol. The molecule has 21 heavy (non-hydrogen) atoms. The standard InChI is InChI=1S/C13H10F2N2O4/c14-8-2-1-7(5-9(8)15)17-12(19)6-11(18)10(16-17)3-4-13(20)21/h1-2,5-6,18H,3-4H2,(H,20,21). The molecule has 0 unspecified atom stereocenters. The van der Waals surface area contributed by atoms with Crippen molar-refractivity contribution in [3.63, 3.8) is 0 Å². The molecule has 0 saturated carbocycles. The molecular weight excluding hydrogens is 286 g/mol.